The summed E-state index contributed by atoms with van der Waals surface area (Å²) < 4.78 is 0. The summed E-state index contributed by atoms with van der Waals surface area (Å²) in [6.07, 6.45) is 6.16. The molecule has 2 unspecified atom stereocenters. The lowest BCUT2D eigenvalue weighted by Crippen LogP contribution is -2.27. The van der Waals surface area contributed by atoms with Gasteiger partial charge in [0, 0.05) is 12.2 Å². The Labute approximate surface area is 100 Å². The lowest BCUT2D eigenvalue weighted by atomic mass is 9.87. The Balaban J connectivity index is 2.02. The molecule has 1 aromatic rings. The van der Waals surface area contributed by atoms with Crippen LogP contribution in [0.1, 0.15) is 43.1 Å². The van der Waals surface area contributed by atoms with E-state index in [1.165, 1.54) is 25.1 Å². The van der Waals surface area contributed by atoms with Gasteiger partial charge >= 0.3 is 5.97 Å². The Morgan fingerprint density at radius 3 is 3.06 bits per heavy atom. The number of hydrogen-bond donors (Lipinski definition) is 2. The number of carboxylic acid groups (broad SMARTS) is 1. The third-order valence-corrected chi connectivity index (χ3v) is 3.14. The van der Waals surface area contributed by atoms with Crippen molar-refractivity contribution in [3.05, 3.63) is 18.0 Å². The molecule has 1 saturated carbocycles. The molecule has 1 aliphatic rings. The summed E-state index contributed by atoms with van der Waals surface area (Å²) in [7, 11) is 0. The Kier molecular flexibility index (Phi) is 3.56. The van der Waals surface area contributed by atoms with Crippen LogP contribution in [0.3, 0.4) is 0 Å². The van der Waals surface area contributed by atoms with Crippen molar-refractivity contribution in [1.29, 1.82) is 0 Å². The quantitative estimate of drug-likeness (QED) is 0.839. The fourth-order valence-electron chi connectivity index (χ4n) is 2.30. The number of nitrogens with one attached hydrogen (secondary N) is 1. The van der Waals surface area contributed by atoms with Gasteiger partial charge < -0.3 is 10.4 Å². The molecule has 0 aromatic carbocycles. The van der Waals surface area contributed by atoms with E-state index in [1.807, 2.05) is 0 Å². The molecule has 5 nitrogen and oxygen atoms in total. The van der Waals surface area contributed by atoms with E-state index >= 15 is 0 Å². The summed E-state index contributed by atoms with van der Waals surface area (Å²) >= 11 is 0. The van der Waals surface area contributed by atoms with Crippen LogP contribution in [-0.4, -0.2) is 27.1 Å². The minimum Gasteiger partial charge on any atom is -0.477 e. The highest BCUT2D eigenvalue weighted by Gasteiger charge is 2.19. The molecule has 1 aromatic heterocycles. The zero-order valence-electron chi connectivity index (χ0n) is 9.89. The number of rotatable bonds is 3. The van der Waals surface area contributed by atoms with Crippen LogP contribution >= 0.6 is 0 Å². The zero-order valence-corrected chi connectivity index (χ0v) is 9.89. The summed E-state index contributed by atoms with van der Waals surface area (Å²) in [6, 6.07) is 1.76. The van der Waals surface area contributed by atoms with Crippen LogP contribution in [0.5, 0.6) is 0 Å². The Morgan fingerprint density at radius 2 is 2.35 bits per heavy atom. The highest BCUT2D eigenvalue weighted by molar-refractivity contribution is 5.85. The van der Waals surface area contributed by atoms with Crippen LogP contribution in [-0.2, 0) is 0 Å². The first-order valence-electron chi connectivity index (χ1n) is 5.98. The standard InChI is InChI=1S/C12H17N3O2/c1-8-3-2-4-9(7-8)14-12-13-6-5-10(15-12)11(16)17/h5-6,8-9H,2-4,7H2,1H3,(H,16,17)(H,13,14,15). The van der Waals surface area contributed by atoms with Crippen LogP contribution < -0.4 is 5.32 Å². The van der Waals surface area contributed by atoms with Gasteiger partial charge in [-0.25, -0.2) is 14.8 Å². The molecular formula is C12H17N3O2. The molecule has 17 heavy (non-hydrogen) atoms. The SMILES string of the molecule is CC1CCCC(Nc2nccc(C(=O)O)n2)C1. The van der Waals surface area contributed by atoms with Crippen molar-refractivity contribution in [2.24, 2.45) is 5.92 Å². The molecule has 0 saturated heterocycles. The third kappa shape index (κ3) is 3.15. The number of aromatic carboxylic acids is 1. The van der Waals surface area contributed by atoms with Crippen LogP contribution in [0.4, 0.5) is 5.95 Å². The zero-order chi connectivity index (χ0) is 12.3. The van der Waals surface area contributed by atoms with Crippen molar-refractivity contribution in [2.45, 2.75) is 38.6 Å². The average molecular weight is 235 g/mol. The molecule has 0 spiro atoms. The van der Waals surface area contributed by atoms with Gasteiger partial charge in [-0.3, -0.25) is 0 Å². The Hall–Kier alpha value is -1.65. The maximum absolute atomic E-state index is 10.8. The molecule has 2 atom stereocenters. The average Bonchev–Trinajstić information content (AvgIpc) is 2.29. The van der Waals surface area contributed by atoms with Crippen LogP contribution in [0, 0.1) is 5.92 Å². The second-order valence-corrected chi connectivity index (χ2v) is 4.68. The van der Waals surface area contributed by atoms with E-state index in [9.17, 15) is 4.79 Å². The van der Waals surface area contributed by atoms with Gasteiger partial charge in [-0.05, 0) is 24.8 Å². The second kappa shape index (κ2) is 5.12. The van der Waals surface area contributed by atoms with Gasteiger partial charge in [-0.2, -0.15) is 0 Å². The van der Waals surface area contributed by atoms with Crippen molar-refractivity contribution in [1.82, 2.24) is 9.97 Å². The minimum absolute atomic E-state index is 0.0337. The fraction of sp³-hybridized carbons (Fsp3) is 0.583. The lowest BCUT2D eigenvalue weighted by molar-refractivity contribution is 0.0690. The number of anilines is 1. The van der Waals surface area contributed by atoms with Gasteiger partial charge in [0.25, 0.3) is 0 Å². The van der Waals surface area contributed by atoms with Gasteiger partial charge in [0.1, 0.15) is 0 Å². The summed E-state index contributed by atoms with van der Waals surface area (Å²) in [5.74, 6) is 0.111. The highest BCUT2D eigenvalue weighted by Crippen LogP contribution is 2.25. The van der Waals surface area contributed by atoms with Crippen LogP contribution in [0.2, 0.25) is 0 Å². The van der Waals surface area contributed by atoms with Gasteiger partial charge in [-0.1, -0.05) is 19.8 Å². The van der Waals surface area contributed by atoms with Gasteiger partial charge in [-0.15, -0.1) is 0 Å². The molecule has 5 heteroatoms. The summed E-state index contributed by atoms with van der Waals surface area (Å²) in [6.45, 7) is 2.24. The van der Waals surface area contributed by atoms with E-state index in [1.54, 1.807) is 0 Å². The number of carboxylic acids is 1. The largest absolute Gasteiger partial charge is 0.477 e. The highest BCUT2D eigenvalue weighted by atomic mass is 16.4. The first-order chi connectivity index (χ1) is 8.15. The lowest BCUT2D eigenvalue weighted by Gasteiger charge is -2.27. The molecular weight excluding hydrogens is 218 g/mol. The molecule has 0 radical (unpaired) electrons. The smallest absolute Gasteiger partial charge is 0.354 e. The molecule has 1 fully saturated rings. The Bertz CT molecular complexity index is 408. The maximum atomic E-state index is 10.8. The van der Waals surface area contributed by atoms with Gasteiger partial charge in [0.15, 0.2) is 5.69 Å². The van der Waals surface area contributed by atoms with E-state index in [0.29, 0.717) is 17.9 Å². The molecule has 1 heterocycles. The summed E-state index contributed by atoms with van der Waals surface area (Å²) in [5.41, 5.74) is 0.0337. The van der Waals surface area contributed by atoms with Crippen LogP contribution in [0.25, 0.3) is 0 Å². The molecule has 2 rings (SSSR count). The molecule has 0 aliphatic heterocycles. The first-order valence-corrected chi connectivity index (χ1v) is 5.98. The van der Waals surface area contributed by atoms with E-state index in [4.69, 9.17) is 5.11 Å². The number of hydrogen-bond acceptors (Lipinski definition) is 4. The molecule has 0 bridgehead atoms. The van der Waals surface area contributed by atoms with E-state index in [0.717, 1.165) is 12.8 Å². The monoisotopic (exact) mass is 235 g/mol. The van der Waals surface area contributed by atoms with Crippen molar-refractivity contribution < 1.29 is 9.90 Å². The molecule has 92 valence electrons. The maximum Gasteiger partial charge on any atom is 0.354 e. The van der Waals surface area contributed by atoms with Gasteiger partial charge in [0.2, 0.25) is 5.95 Å². The number of aromatic nitrogens is 2. The molecule has 2 N–H and O–H groups in total. The predicted octanol–water partition coefficient (Wildman–Crippen LogP) is 2.17. The Morgan fingerprint density at radius 1 is 1.53 bits per heavy atom. The van der Waals surface area contributed by atoms with Gasteiger partial charge in [0.05, 0.1) is 0 Å². The van der Waals surface area contributed by atoms with E-state index in [-0.39, 0.29) is 5.69 Å². The summed E-state index contributed by atoms with van der Waals surface area (Å²) in [5, 5.41) is 12.1. The molecule has 1 aliphatic carbocycles. The first kappa shape index (κ1) is 11.8. The van der Waals surface area contributed by atoms with Crippen molar-refractivity contribution in [3.63, 3.8) is 0 Å². The number of nitrogens with zero attached hydrogens (tertiary/aromatic N) is 2. The summed E-state index contributed by atoms with van der Waals surface area (Å²) in [4.78, 5) is 18.8. The third-order valence-electron chi connectivity index (χ3n) is 3.14. The molecule has 0 amide bonds. The van der Waals surface area contributed by atoms with Crippen molar-refractivity contribution in [3.8, 4) is 0 Å². The normalized spacial score (nSPS) is 24.3. The second-order valence-electron chi connectivity index (χ2n) is 4.68. The topological polar surface area (TPSA) is 75.1 Å². The van der Waals surface area contributed by atoms with Crippen LogP contribution in [0.15, 0.2) is 12.3 Å². The fourth-order valence-corrected chi connectivity index (χ4v) is 2.30. The predicted molar refractivity (Wildman–Crippen MR) is 64.0 cm³/mol. The van der Waals surface area contributed by atoms with E-state index < -0.39 is 5.97 Å². The van der Waals surface area contributed by atoms with Crippen molar-refractivity contribution >= 4 is 11.9 Å². The van der Waals surface area contributed by atoms with E-state index in [2.05, 4.69) is 22.2 Å². The van der Waals surface area contributed by atoms with Crippen molar-refractivity contribution in [2.75, 3.05) is 5.32 Å². The minimum atomic E-state index is -1.02. The number of carbonyl (C=O) groups is 1.